The number of hydrogen-bond donors (Lipinski definition) is 1. The first-order chi connectivity index (χ1) is 13.0. The van der Waals surface area contributed by atoms with Crippen LogP contribution in [0.2, 0.25) is 0 Å². The maximum absolute atomic E-state index is 12.7. The second kappa shape index (κ2) is 6.31. The van der Waals surface area contributed by atoms with Gasteiger partial charge in [-0.15, -0.1) is 0 Å². The standard InChI is InChI=1S/C23H31NO3/c1-15(16-7-4-3-5-8-16)24-13-18-17-11-20-22(2,12-19(17)27-21(18)25)9-6-10-23(20)14-26-23/h3-5,7-8,15,17-20,24H,6,9-14H2,1-2H3/t15-,17-,18+,19+,20+,22+,23+/m0/s1. The van der Waals surface area contributed by atoms with Gasteiger partial charge in [-0.2, -0.15) is 0 Å². The third kappa shape index (κ3) is 2.92. The molecule has 0 amide bonds. The van der Waals surface area contributed by atoms with Crippen molar-refractivity contribution in [3.8, 4) is 0 Å². The van der Waals surface area contributed by atoms with E-state index in [-0.39, 0.29) is 35.0 Å². The molecular formula is C23H31NO3. The SMILES string of the molecule is C[C@H](NC[C@H]1C(=O)O[C@@H]2C[C@@]3(C)CCC[C@@]4(CO4)[C@@H]3C[C@H]21)c1ccccc1. The van der Waals surface area contributed by atoms with Crippen molar-refractivity contribution < 1.29 is 14.3 Å². The van der Waals surface area contributed by atoms with Crippen LogP contribution in [0, 0.1) is 23.2 Å². The summed E-state index contributed by atoms with van der Waals surface area (Å²) in [5.74, 6) is 0.906. The number of rotatable bonds is 4. The maximum atomic E-state index is 12.7. The minimum absolute atomic E-state index is 0.00535. The van der Waals surface area contributed by atoms with E-state index in [4.69, 9.17) is 9.47 Å². The Kier molecular flexibility index (Phi) is 4.14. The van der Waals surface area contributed by atoms with Crippen LogP contribution < -0.4 is 5.32 Å². The Labute approximate surface area is 162 Å². The zero-order chi connectivity index (χ0) is 18.6. The third-order valence-electron chi connectivity index (χ3n) is 8.02. The number of carbonyl (C=O) groups is 1. The molecule has 4 nitrogen and oxygen atoms in total. The van der Waals surface area contributed by atoms with Gasteiger partial charge in [0.15, 0.2) is 0 Å². The van der Waals surface area contributed by atoms with Crippen molar-refractivity contribution in [2.75, 3.05) is 13.2 Å². The molecule has 2 saturated carbocycles. The van der Waals surface area contributed by atoms with Crippen LogP contribution in [0.5, 0.6) is 0 Å². The Balaban J connectivity index is 1.30. The molecule has 1 spiro atoms. The molecule has 1 aromatic carbocycles. The van der Waals surface area contributed by atoms with Gasteiger partial charge in [-0.1, -0.05) is 37.3 Å². The summed E-state index contributed by atoms with van der Waals surface area (Å²) in [6.45, 7) is 6.20. The largest absolute Gasteiger partial charge is 0.462 e. The second-order valence-electron chi connectivity index (χ2n) is 9.64. The average molecular weight is 370 g/mol. The van der Waals surface area contributed by atoms with Crippen molar-refractivity contribution >= 4 is 5.97 Å². The highest BCUT2D eigenvalue weighted by Crippen LogP contribution is 2.62. The molecule has 146 valence electrons. The molecule has 1 aromatic rings. The summed E-state index contributed by atoms with van der Waals surface area (Å²) < 4.78 is 11.9. The van der Waals surface area contributed by atoms with E-state index in [2.05, 4.69) is 43.4 Å². The number of epoxide rings is 1. The predicted molar refractivity (Wildman–Crippen MR) is 103 cm³/mol. The molecule has 2 saturated heterocycles. The fraction of sp³-hybridized carbons (Fsp3) is 0.696. The molecule has 1 N–H and O–H groups in total. The number of nitrogens with one attached hydrogen (secondary N) is 1. The summed E-state index contributed by atoms with van der Waals surface area (Å²) in [4.78, 5) is 12.7. The quantitative estimate of drug-likeness (QED) is 0.647. The number of benzene rings is 1. The zero-order valence-electron chi connectivity index (χ0n) is 16.4. The smallest absolute Gasteiger partial charge is 0.310 e. The van der Waals surface area contributed by atoms with Gasteiger partial charge in [-0.05, 0) is 55.9 Å². The van der Waals surface area contributed by atoms with Crippen molar-refractivity contribution in [3.63, 3.8) is 0 Å². The van der Waals surface area contributed by atoms with Crippen LogP contribution in [-0.2, 0) is 14.3 Å². The summed E-state index contributed by atoms with van der Waals surface area (Å²) in [6, 6.07) is 10.7. The highest BCUT2D eigenvalue weighted by atomic mass is 16.6. The van der Waals surface area contributed by atoms with Crippen LogP contribution in [0.15, 0.2) is 30.3 Å². The summed E-state index contributed by atoms with van der Waals surface area (Å²) in [5, 5.41) is 3.59. The summed E-state index contributed by atoms with van der Waals surface area (Å²) in [5.41, 5.74) is 1.66. The molecule has 27 heavy (non-hydrogen) atoms. The van der Waals surface area contributed by atoms with Crippen molar-refractivity contribution in [1.82, 2.24) is 5.32 Å². The second-order valence-corrected chi connectivity index (χ2v) is 9.64. The van der Waals surface area contributed by atoms with Crippen LogP contribution in [0.1, 0.15) is 57.6 Å². The van der Waals surface area contributed by atoms with E-state index >= 15 is 0 Å². The number of ether oxygens (including phenoxy) is 2. The van der Waals surface area contributed by atoms with Crippen molar-refractivity contribution in [2.24, 2.45) is 23.2 Å². The van der Waals surface area contributed by atoms with Gasteiger partial charge in [-0.25, -0.2) is 0 Å². The Bertz CT molecular complexity index is 716. The number of hydrogen-bond acceptors (Lipinski definition) is 4. The first-order valence-electron chi connectivity index (χ1n) is 10.6. The lowest BCUT2D eigenvalue weighted by Gasteiger charge is -2.51. The molecule has 4 fully saturated rings. The van der Waals surface area contributed by atoms with Crippen molar-refractivity contribution in [2.45, 2.75) is 63.7 Å². The van der Waals surface area contributed by atoms with E-state index in [0.717, 1.165) is 19.4 Å². The van der Waals surface area contributed by atoms with Crippen LogP contribution in [0.4, 0.5) is 0 Å². The molecule has 2 aliphatic heterocycles. The Morgan fingerprint density at radius 1 is 1.26 bits per heavy atom. The Hall–Kier alpha value is -1.39. The Morgan fingerprint density at radius 2 is 2.04 bits per heavy atom. The Morgan fingerprint density at radius 3 is 2.78 bits per heavy atom. The molecule has 2 aliphatic carbocycles. The topological polar surface area (TPSA) is 50.9 Å². The van der Waals surface area contributed by atoms with Crippen molar-refractivity contribution in [3.05, 3.63) is 35.9 Å². The summed E-state index contributed by atoms with van der Waals surface area (Å²) in [6.07, 6.45) is 5.90. The van der Waals surface area contributed by atoms with Gasteiger partial charge in [0.05, 0.1) is 18.1 Å². The van der Waals surface area contributed by atoms with E-state index in [1.807, 2.05) is 6.07 Å². The molecule has 0 radical (unpaired) electrons. The van der Waals surface area contributed by atoms with E-state index < -0.39 is 0 Å². The average Bonchev–Trinajstić information content (AvgIpc) is 3.36. The minimum atomic E-state index is -0.0246. The highest BCUT2D eigenvalue weighted by molar-refractivity contribution is 5.75. The molecule has 0 aromatic heterocycles. The van der Waals surface area contributed by atoms with Crippen LogP contribution in [0.3, 0.4) is 0 Å². The molecule has 4 heteroatoms. The third-order valence-corrected chi connectivity index (χ3v) is 8.02. The van der Waals surface area contributed by atoms with E-state index in [1.165, 1.54) is 24.8 Å². The molecular weight excluding hydrogens is 338 g/mol. The molecule has 2 heterocycles. The van der Waals surface area contributed by atoms with Gasteiger partial charge >= 0.3 is 5.97 Å². The van der Waals surface area contributed by atoms with Gasteiger partial charge in [-0.3, -0.25) is 4.79 Å². The van der Waals surface area contributed by atoms with E-state index in [1.54, 1.807) is 0 Å². The van der Waals surface area contributed by atoms with Crippen LogP contribution >= 0.6 is 0 Å². The minimum Gasteiger partial charge on any atom is -0.462 e. The van der Waals surface area contributed by atoms with Crippen molar-refractivity contribution in [1.29, 1.82) is 0 Å². The first-order valence-corrected chi connectivity index (χ1v) is 10.6. The zero-order valence-corrected chi connectivity index (χ0v) is 16.4. The van der Waals surface area contributed by atoms with E-state index in [0.29, 0.717) is 18.4 Å². The lowest BCUT2D eigenvalue weighted by atomic mass is 9.53. The molecule has 0 bridgehead atoms. The van der Waals surface area contributed by atoms with Gasteiger partial charge in [0.25, 0.3) is 0 Å². The molecule has 5 rings (SSSR count). The summed E-state index contributed by atoms with van der Waals surface area (Å²) in [7, 11) is 0. The van der Waals surface area contributed by atoms with Gasteiger partial charge in [0.1, 0.15) is 6.10 Å². The van der Waals surface area contributed by atoms with Crippen LogP contribution in [-0.4, -0.2) is 30.8 Å². The van der Waals surface area contributed by atoms with Crippen LogP contribution in [0.25, 0.3) is 0 Å². The normalized spacial score (nSPS) is 43.7. The molecule has 0 unspecified atom stereocenters. The van der Waals surface area contributed by atoms with Gasteiger partial charge in [0, 0.05) is 18.5 Å². The summed E-state index contributed by atoms with van der Waals surface area (Å²) >= 11 is 0. The van der Waals surface area contributed by atoms with Gasteiger partial charge in [0.2, 0.25) is 0 Å². The molecule has 7 atom stereocenters. The first kappa shape index (κ1) is 17.7. The number of esters is 1. The van der Waals surface area contributed by atoms with E-state index in [9.17, 15) is 4.79 Å². The van der Waals surface area contributed by atoms with Gasteiger partial charge < -0.3 is 14.8 Å². The maximum Gasteiger partial charge on any atom is 0.310 e. The lowest BCUT2D eigenvalue weighted by molar-refractivity contribution is -0.147. The lowest BCUT2D eigenvalue weighted by Crippen LogP contribution is -2.51. The molecule has 4 aliphatic rings. The monoisotopic (exact) mass is 369 g/mol. The fourth-order valence-electron chi connectivity index (χ4n) is 6.35. The fourth-order valence-corrected chi connectivity index (χ4v) is 6.35. The predicted octanol–water partition coefficient (Wildman–Crippen LogP) is 3.86. The number of fused-ring (bicyclic) bond motifs is 3. The highest BCUT2D eigenvalue weighted by Gasteiger charge is 2.64. The number of carbonyl (C=O) groups excluding carboxylic acids is 1.